The van der Waals surface area contributed by atoms with Crippen molar-refractivity contribution in [2.75, 3.05) is 20.6 Å². The summed E-state index contributed by atoms with van der Waals surface area (Å²) in [5.41, 5.74) is 1.82. The topological polar surface area (TPSA) is 35.8 Å². The second kappa shape index (κ2) is 5.84. The van der Waals surface area contributed by atoms with E-state index in [0.717, 1.165) is 17.7 Å². The molecule has 15 heavy (non-hydrogen) atoms. The van der Waals surface area contributed by atoms with Gasteiger partial charge >= 0.3 is 0 Å². The molecule has 0 aromatic heterocycles. The van der Waals surface area contributed by atoms with Crippen LogP contribution < -0.4 is 0 Å². The third kappa shape index (κ3) is 4.30. The SMILES string of the molecule is CN(C)CC#Cc1ccc(/C=N/O)cc1. The van der Waals surface area contributed by atoms with Crippen LogP contribution in [-0.4, -0.2) is 37.0 Å². The van der Waals surface area contributed by atoms with E-state index < -0.39 is 0 Å². The van der Waals surface area contributed by atoms with Crippen molar-refractivity contribution in [2.45, 2.75) is 0 Å². The first-order valence-corrected chi connectivity index (χ1v) is 4.63. The van der Waals surface area contributed by atoms with Gasteiger partial charge in [0.2, 0.25) is 0 Å². The molecule has 0 atom stereocenters. The lowest BCUT2D eigenvalue weighted by atomic mass is 10.1. The Morgan fingerprint density at radius 2 is 2.00 bits per heavy atom. The fraction of sp³-hybridized carbons (Fsp3) is 0.250. The number of benzene rings is 1. The average Bonchev–Trinajstić information content (AvgIpc) is 2.20. The number of hydrogen-bond donors (Lipinski definition) is 1. The minimum Gasteiger partial charge on any atom is -0.411 e. The number of oxime groups is 1. The lowest BCUT2D eigenvalue weighted by Crippen LogP contribution is -2.10. The van der Waals surface area contributed by atoms with Gasteiger partial charge in [0.15, 0.2) is 0 Å². The van der Waals surface area contributed by atoms with Crippen molar-refractivity contribution < 1.29 is 5.21 Å². The summed E-state index contributed by atoms with van der Waals surface area (Å²) in [6.07, 6.45) is 1.39. The largest absolute Gasteiger partial charge is 0.411 e. The first-order chi connectivity index (χ1) is 7.22. The monoisotopic (exact) mass is 202 g/mol. The third-order valence-electron chi connectivity index (χ3n) is 1.75. The predicted molar refractivity (Wildman–Crippen MR) is 61.3 cm³/mol. The molecule has 1 N–H and O–H groups in total. The molecule has 0 unspecified atom stereocenters. The molecule has 0 radical (unpaired) electrons. The predicted octanol–water partition coefficient (Wildman–Crippen LogP) is 1.41. The molecule has 0 spiro atoms. The Morgan fingerprint density at radius 3 is 2.53 bits per heavy atom. The van der Waals surface area contributed by atoms with Crippen molar-refractivity contribution in [3.8, 4) is 11.8 Å². The van der Waals surface area contributed by atoms with E-state index in [-0.39, 0.29) is 0 Å². The minimum absolute atomic E-state index is 0.750. The smallest absolute Gasteiger partial charge is 0.0733 e. The van der Waals surface area contributed by atoms with Gasteiger partial charge in [-0.05, 0) is 31.8 Å². The summed E-state index contributed by atoms with van der Waals surface area (Å²) in [5.74, 6) is 6.09. The maximum Gasteiger partial charge on any atom is 0.0733 e. The highest BCUT2D eigenvalue weighted by Crippen LogP contribution is 2.00. The van der Waals surface area contributed by atoms with Gasteiger partial charge in [-0.2, -0.15) is 0 Å². The van der Waals surface area contributed by atoms with Crippen LogP contribution in [0.5, 0.6) is 0 Å². The first kappa shape index (κ1) is 11.3. The summed E-state index contributed by atoms with van der Waals surface area (Å²) < 4.78 is 0. The lowest BCUT2D eigenvalue weighted by Gasteiger charge is -2.00. The van der Waals surface area contributed by atoms with Gasteiger partial charge < -0.3 is 5.21 Å². The van der Waals surface area contributed by atoms with Gasteiger partial charge in [-0.1, -0.05) is 29.1 Å². The third-order valence-corrected chi connectivity index (χ3v) is 1.75. The van der Waals surface area contributed by atoms with Crippen LogP contribution in [0.1, 0.15) is 11.1 Å². The van der Waals surface area contributed by atoms with Crippen LogP contribution in [0.15, 0.2) is 29.4 Å². The molecule has 78 valence electrons. The Morgan fingerprint density at radius 1 is 1.33 bits per heavy atom. The van der Waals surface area contributed by atoms with Crippen molar-refractivity contribution in [2.24, 2.45) is 5.16 Å². The van der Waals surface area contributed by atoms with Crippen LogP contribution in [0.25, 0.3) is 0 Å². The van der Waals surface area contributed by atoms with Gasteiger partial charge in [0, 0.05) is 5.56 Å². The molecule has 0 fully saturated rings. The molecule has 0 bridgehead atoms. The summed E-state index contributed by atoms with van der Waals surface area (Å²) in [5, 5.41) is 11.3. The van der Waals surface area contributed by atoms with Crippen LogP contribution in [0, 0.1) is 11.8 Å². The molecule has 0 saturated carbocycles. The van der Waals surface area contributed by atoms with Crippen molar-refractivity contribution >= 4 is 6.21 Å². The van der Waals surface area contributed by atoms with Crippen LogP contribution in [0.2, 0.25) is 0 Å². The van der Waals surface area contributed by atoms with Gasteiger partial charge in [-0.25, -0.2) is 0 Å². The molecule has 1 aromatic rings. The molecule has 0 amide bonds. The number of hydrogen-bond acceptors (Lipinski definition) is 3. The highest BCUT2D eigenvalue weighted by Gasteiger charge is 1.88. The van der Waals surface area contributed by atoms with E-state index in [0.29, 0.717) is 0 Å². The van der Waals surface area contributed by atoms with Gasteiger partial charge in [0.25, 0.3) is 0 Å². The summed E-state index contributed by atoms with van der Waals surface area (Å²) in [4.78, 5) is 2.01. The fourth-order valence-corrected chi connectivity index (χ4v) is 1.02. The Kier molecular flexibility index (Phi) is 4.39. The summed E-state index contributed by atoms with van der Waals surface area (Å²) in [6.45, 7) is 0.750. The van der Waals surface area contributed by atoms with Crippen molar-refractivity contribution in [1.82, 2.24) is 4.90 Å². The van der Waals surface area contributed by atoms with E-state index in [1.807, 2.05) is 43.3 Å². The van der Waals surface area contributed by atoms with Crippen LogP contribution in [0.3, 0.4) is 0 Å². The van der Waals surface area contributed by atoms with Crippen molar-refractivity contribution in [3.05, 3.63) is 35.4 Å². The zero-order valence-corrected chi connectivity index (χ0v) is 8.94. The van der Waals surface area contributed by atoms with E-state index in [1.54, 1.807) is 0 Å². The molecule has 0 saturated heterocycles. The van der Waals surface area contributed by atoms with Crippen molar-refractivity contribution in [1.29, 1.82) is 0 Å². The zero-order valence-electron chi connectivity index (χ0n) is 8.94. The van der Waals surface area contributed by atoms with Crippen LogP contribution in [0.4, 0.5) is 0 Å². The van der Waals surface area contributed by atoms with Gasteiger partial charge in [0.05, 0.1) is 12.8 Å². The minimum atomic E-state index is 0.750. The first-order valence-electron chi connectivity index (χ1n) is 4.63. The molecule has 0 aliphatic carbocycles. The normalized spacial score (nSPS) is 10.3. The quantitative estimate of drug-likeness (QED) is 0.340. The summed E-state index contributed by atoms with van der Waals surface area (Å²) in [6, 6.07) is 7.53. The Labute approximate surface area is 90.0 Å². The standard InChI is InChI=1S/C12H14N2O/c1-14(2)9-3-4-11-5-7-12(8-6-11)10-13-15/h5-8,10,15H,9H2,1-2H3/b13-10+. The molecule has 3 nitrogen and oxygen atoms in total. The molecule has 1 rings (SSSR count). The molecule has 0 aliphatic rings. The second-order valence-electron chi connectivity index (χ2n) is 3.41. The van der Waals surface area contributed by atoms with Gasteiger partial charge in [-0.15, -0.1) is 0 Å². The Balaban J connectivity index is 2.66. The fourth-order valence-electron chi connectivity index (χ4n) is 1.02. The Hall–Kier alpha value is -1.79. The van der Waals surface area contributed by atoms with E-state index in [9.17, 15) is 0 Å². The second-order valence-corrected chi connectivity index (χ2v) is 3.41. The van der Waals surface area contributed by atoms with Crippen LogP contribution >= 0.6 is 0 Å². The lowest BCUT2D eigenvalue weighted by molar-refractivity contribution is 0.322. The van der Waals surface area contributed by atoms with E-state index in [2.05, 4.69) is 17.0 Å². The molecular weight excluding hydrogens is 188 g/mol. The van der Waals surface area contributed by atoms with Crippen LogP contribution in [-0.2, 0) is 0 Å². The maximum atomic E-state index is 8.33. The van der Waals surface area contributed by atoms with Gasteiger partial charge in [0.1, 0.15) is 0 Å². The van der Waals surface area contributed by atoms with E-state index >= 15 is 0 Å². The highest BCUT2D eigenvalue weighted by atomic mass is 16.4. The summed E-state index contributed by atoms with van der Waals surface area (Å²) >= 11 is 0. The molecule has 0 aliphatic heterocycles. The van der Waals surface area contributed by atoms with Crippen molar-refractivity contribution in [3.63, 3.8) is 0 Å². The van der Waals surface area contributed by atoms with Gasteiger partial charge in [-0.3, -0.25) is 4.90 Å². The number of rotatable bonds is 2. The maximum absolute atomic E-state index is 8.33. The zero-order chi connectivity index (χ0) is 11.1. The molecular formula is C12H14N2O. The molecule has 0 heterocycles. The molecule has 3 heteroatoms. The Bertz CT molecular complexity index is 382. The highest BCUT2D eigenvalue weighted by molar-refractivity contribution is 5.79. The van der Waals surface area contributed by atoms with E-state index in [1.165, 1.54) is 6.21 Å². The molecule has 1 aromatic carbocycles. The average molecular weight is 202 g/mol. The number of nitrogens with zero attached hydrogens (tertiary/aromatic N) is 2. The van der Waals surface area contributed by atoms with E-state index in [4.69, 9.17) is 5.21 Å². The summed E-state index contributed by atoms with van der Waals surface area (Å²) in [7, 11) is 3.96.